The molecule has 0 bridgehead atoms. The topological polar surface area (TPSA) is 80.6 Å². The lowest BCUT2D eigenvalue weighted by Crippen LogP contribution is -2.14. The maximum atomic E-state index is 12.8. The molecule has 32 heavy (non-hydrogen) atoms. The summed E-state index contributed by atoms with van der Waals surface area (Å²) in [5.41, 5.74) is 1.81. The lowest BCUT2D eigenvalue weighted by molar-refractivity contribution is -0.112. The Morgan fingerprint density at radius 2 is 1.69 bits per heavy atom. The van der Waals surface area contributed by atoms with Crippen LogP contribution in [-0.4, -0.2) is 20.1 Å². The smallest absolute Gasteiger partial charge is 0.266 e. The molecule has 0 heterocycles. The van der Waals surface area contributed by atoms with Crippen LogP contribution < -0.4 is 19.5 Å². The van der Waals surface area contributed by atoms with Crippen LogP contribution in [0.15, 0.2) is 72.3 Å². The number of anilines is 1. The summed E-state index contributed by atoms with van der Waals surface area (Å²) in [5.74, 6) is 0.827. The molecule has 0 spiro atoms. The number of carbonyl (C=O) groups is 1. The van der Waals surface area contributed by atoms with Crippen LogP contribution in [0, 0.1) is 11.3 Å². The van der Waals surface area contributed by atoms with Gasteiger partial charge < -0.3 is 19.5 Å². The van der Waals surface area contributed by atoms with Gasteiger partial charge in [-0.25, -0.2) is 0 Å². The van der Waals surface area contributed by atoms with Crippen molar-refractivity contribution < 1.29 is 19.0 Å². The van der Waals surface area contributed by atoms with Gasteiger partial charge in [0.15, 0.2) is 11.5 Å². The molecule has 0 radical (unpaired) electrons. The van der Waals surface area contributed by atoms with Gasteiger partial charge in [0.2, 0.25) is 0 Å². The van der Waals surface area contributed by atoms with Crippen molar-refractivity contribution in [1.82, 2.24) is 0 Å². The number of hydrogen-bond acceptors (Lipinski definition) is 5. The molecule has 162 valence electrons. The lowest BCUT2D eigenvalue weighted by atomic mass is 10.1. The monoisotopic (exact) mass is 448 g/mol. The average molecular weight is 449 g/mol. The second-order valence-corrected chi connectivity index (χ2v) is 7.05. The van der Waals surface area contributed by atoms with Crippen molar-refractivity contribution >= 4 is 29.3 Å². The number of nitriles is 1. The fourth-order valence-electron chi connectivity index (χ4n) is 2.94. The lowest BCUT2D eigenvalue weighted by Gasteiger charge is -2.14. The van der Waals surface area contributed by atoms with Gasteiger partial charge >= 0.3 is 0 Å². The largest absolute Gasteiger partial charge is 0.495 e. The molecule has 7 heteroatoms. The molecule has 0 saturated carbocycles. The Bertz CT molecular complexity index is 1170. The van der Waals surface area contributed by atoms with Crippen LogP contribution in [0.4, 0.5) is 5.69 Å². The Labute approximate surface area is 191 Å². The number of rotatable bonds is 8. The number of carbonyl (C=O) groups excluding carboxylic acids is 1. The second kappa shape index (κ2) is 10.9. The van der Waals surface area contributed by atoms with E-state index in [2.05, 4.69) is 5.32 Å². The Morgan fingerprint density at radius 1 is 1.00 bits per heavy atom. The van der Waals surface area contributed by atoms with E-state index in [-0.39, 0.29) is 12.2 Å². The summed E-state index contributed by atoms with van der Waals surface area (Å²) in [4.78, 5) is 12.8. The van der Waals surface area contributed by atoms with Gasteiger partial charge in [-0.3, -0.25) is 4.79 Å². The van der Waals surface area contributed by atoms with E-state index < -0.39 is 5.91 Å². The van der Waals surface area contributed by atoms with Crippen LogP contribution in [0.3, 0.4) is 0 Å². The molecule has 6 nitrogen and oxygen atoms in total. The fraction of sp³-hybridized carbons (Fsp3) is 0.120. The minimum Gasteiger partial charge on any atom is -0.495 e. The molecule has 1 N–H and O–H groups in total. The Kier molecular flexibility index (Phi) is 7.74. The Hall–Kier alpha value is -3.95. The highest BCUT2D eigenvalue weighted by molar-refractivity contribution is 6.30. The molecule has 3 rings (SSSR count). The highest BCUT2D eigenvalue weighted by atomic mass is 35.5. The molecular weight excluding hydrogens is 428 g/mol. The Balaban J connectivity index is 1.88. The first-order chi connectivity index (χ1) is 15.5. The Morgan fingerprint density at radius 3 is 2.38 bits per heavy atom. The average Bonchev–Trinajstić information content (AvgIpc) is 2.82. The maximum Gasteiger partial charge on any atom is 0.266 e. The normalized spacial score (nSPS) is 10.8. The summed E-state index contributed by atoms with van der Waals surface area (Å²) in [5, 5.41) is 13.0. The van der Waals surface area contributed by atoms with Crippen LogP contribution in [-0.2, 0) is 11.4 Å². The van der Waals surface area contributed by atoms with Crippen LogP contribution in [0.2, 0.25) is 5.02 Å². The van der Waals surface area contributed by atoms with Crippen molar-refractivity contribution in [3.63, 3.8) is 0 Å². The van der Waals surface area contributed by atoms with Gasteiger partial charge in [-0.1, -0.05) is 48.0 Å². The van der Waals surface area contributed by atoms with Crippen LogP contribution in [0.1, 0.15) is 11.1 Å². The predicted octanol–water partition coefficient (Wildman–Crippen LogP) is 5.48. The number of para-hydroxylation sites is 3. The highest BCUT2D eigenvalue weighted by Crippen LogP contribution is 2.33. The van der Waals surface area contributed by atoms with Crippen molar-refractivity contribution in [2.24, 2.45) is 0 Å². The fourth-order valence-corrected chi connectivity index (χ4v) is 3.07. The van der Waals surface area contributed by atoms with E-state index in [0.717, 1.165) is 5.56 Å². The van der Waals surface area contributed by atoms with Crippen LogP contribution in [0.5, 0.6) is 17.2 Å². The van der Waals surface area contributed by atoms with Crippen molar-refractivity contribution in [3.05, 3.63) is 88.5 Å². The molecule has 0 aromatic heterocycles. The summed E-state index contributed by atoms with van der Waals surface area (Å²) in [6, 6.07) is 21.4. The first-order valence-electron chi connectivity index (χ1n) is 9.66. The van der Waals surface area contributed by atoms with E-state index in [1.54, 1.807) is 54.6 Å². The van der Waals surface area contributed by atoms with Crippen molar-refractivity contribution in [2.45, 2.75) is 6.61 Å². The van der Waals surface area contributed by atoms with Crippen molar-refractivity contribution in [2.75, 3.05) is 19.5 Å². The minimum atomic E-state index is -0.566. The van der Waals surface area contributed by atoms with Gasteiger partial charge in [0.25, 0.3) is 5.91 Å². The number of methoxy groups -OCH3 is 2. The zero-order valence-corrected chi connectivity index (χ0v) is 18.3. The van der Waals surface area contributed by atoms with Crippen molar-refractivity contribution in [3.8, 4) is 23.3 Å². The number of nitrogens with zero attached hydrogens (tertiary/aromatic N) is 1. The van der Waals surface area contributed by atoms with Crippen LogP contribution >= 0.6 is 11.6 Å². The molecule has 0 unspecified atom stereocenters. The van der Waals surface area contributed by atoms with Gasteiger partial charge in [-0.2, -0.15) is 5.26 Å². The third kappa shape index (κ3) is 5.60. The van der Waals surface area contributed by atoms with Gasteiger partial charge in [0, 0.05) is 10.6 Å². The first-order valence-corrected chi connectivity index (χ1v) is 10.0. The number of halogens is 1. The van der Waals surface area contributed by atoms with Crippen LogP contribution in [0.25, 0.3) is 6.08 Å². The summed E-state index contributed by atoms with van der Waals surface area (Å²) in [6.07, 6.45) is 1.46. The molecule has 0 aliphatic rings. The molecule has 0 aliphatic carbocycles. The third-order valence-corrected chi connectivity index (χ3v) is 4.80. The third-order valence-electron chi connectivity index (χ3n) is 4.55. The van der Waals surface area contributed by atoms with E-state index in [4.69, 9.17) is 25.8 Å². The minimum absolute atomic E-state index is 0.0968. The number of ether oxygens (including phenoxy) is 3. The van der Waals surface area contributed by atoms with E-state index in [0.29, 0.717) is 33.5 Å². The molecule has 0 atom stereocenters. The molecule has 1 amide bonds. The summed E-state index contributed by atoms with van der Waals surface area (Å²) < 4.78 is 16.7. The van der Waals surface area contributed by atoms with Gasteiger partial charge in [0.1, 0.15) is 24.0 Å². The number of benzene rings is 3. The molecule has 0 saturated heterocycles. The highest BCUT2D eigenvalue weighted by Gasteiger charge is 2.15. The molecule has 3 aromatic rings. The zero-order valence-electron chi connectivity index (χ0n) is 17.6. The van der Waals surface area contributed by atoms with Crippen molar-refractivity contribution in [1.29, 1.82) is 5.26 Å². The number of nitrogens with one attached hydrogen (secondary N) is 1. The SMILES string of the molecule is COc1ccccc1NC(=O)C(C#N)=Cc1cccc(OC)c1OCc1ccc(Cl)cc1. The predicted molar refractivity (Wildman–Crippen MR) is 124 cm³/mol. The summed E-state index contributed by atoms with van der Waals surface area (Å²) in [7, 11) is 3.03. The summed E-state index contributed by atoms with van der Waals surface area (Å²) in [6.45, 7) is 0.258. The van der Waals surface area contributed by atoms with Gasteiger partial charge in [0.05, 0.1) is 19.9 Å². The number of amides is 1. The zero-order chi connectivity index (χ0) is 22.9. The van der Waals surface area contributed by atoms with E-state index in [1.165, 1.54) is 20.3 Å². The van der Waals surface area contributed by atoms with E-state index in [1.807, 2.05) is 18.2 Å². The summed E-state index contributed by atoms with van der Waals surface area (Å²) >= 11 is 5.94. The molecule has 0 fully saturated rings. The maximum absolute atomic E-state index is 12.8. The second-order valence-electron chi connectivity index (χ2n) is 6.62. The van der Waals surface area contributed by atoms with E-state index >= 15 is 0 Å². The quantitative estimate of drug-likeness (QED) is 0.364. The molecule has 0 aliphatic heterocycles. The van der Waals surface area contributed by atoms with E-state index in [9.17, 15) is 10.1 Å². The first kappa shape index (κ1) is 22.7. The van der Waals surface area contributed by atoms with Gasteiger partial charge in [-0.05, 0) is 42.0 Å². The number of hydrogen-bond donors (Lipinski definition) is 1. The standard InChI is InChI=1S/C25H21ClN2O4/c1-30-22-8-4-3-7-21(22)28-25(29)19(15-27)14-18-6-5-9-23(31-2)24(18)32-16-17-10-12-20(26)13-11-17/h3-14H,16H2,1-2H3,(H,28,29). The molecule has 3 aromatic carbocycles. The molecular formula is C25H21ClN2O4. The van der Waals surface area contributed by atoms with Gasteiger partial charge in [-0.15, -0.1) is 0 Å².